The number of fused-ring (bicyclic) bond motifs is 2. The molecule has 0 saturated carbocycles. The minimum absolute atomic E-state index is 0.123. The Morgan fingerprint density at radius 2 is 2.10 bits per heavy atom. The molecule has 0 aliphatic heterocycles. The van der Waals surface area contributed by atoms with Crippen LogP contribution in [0.2, 0.25) is 0 Å². The molecule has 4 rings (SSSR count). The zero-order valence-corrected chi connectivity index (χ0v) is 18.1. The topological polar surface area (TPSA) is 103 Å². The van der Waals surface area contributed by atoms with Crippen molar-refractivity contribution in [3.05, 3.63) is 61.5 Å². The maximum Gasteiger partial charge on any atom is 0.349 e. The molecular weight excluding hydrogens is 483 g/mol. The van der Waals surface area contributed by atoms with E-state index in [1.807, 2.05) is 30.3 Å². The molecule has 0 spiro atoms. The summed E-state index contributed by atoms with van der Waals surface area (Å²) in [5.74, 6) is -0.0925. The van der Waals surface area contributed by atoms with Gasteiger partial charge in [0.2, 0.25) is 5.95 Å². The first-order valence-corrected chi connectivity index (χ1v) is 10.3. The van der Waals surface area contributed by atoms with Crippen LogP contribution in [0, 0.1) is 10.5 Å². The van der Waals surface area contributed by atoms with Gasteiger partial charge in [-0.1, -0.05) is 13.0 Å². The van der Waals surface area contributed by atoms with Gasteiger partial charge in [0.05, 0.1) is 11.0 Å². The SMILES string of the molecule is CCCn1c(Nc2cccc(I)c2)nc2cc3c(C)c(C(N)=O)c(=O)oc3cc21. The highest BCUT2D eigenvalue weighted by molar-refractivity contribution is 14.1. The third kappa shape index (κ3) is 3.48. The molecule has 0 unspecified atom stereocenters. The number of anilines is 2. The molecule has 0 aliphatic rings. The molecule has 2 aromatic carbocycles. The van der Waals surface area contributed by atoms with Gasteiger partial charge in [-0.3, -0.25) is 4.79 Å². The molecule has 0 saturated heterocycles. The fourth-order valence-corrected chi connectivity index (χ4v) is 4.04. The third-order valence-electron chi connectivity index (χ3n) is 4.81. The predicted octanol–water partition coefficient (Wildman–Crippen LogP) is 4.31. The smallest absolute Gasteiger partial charge is 0.349 e. The van der Waals surface area contributed by atoms with Gasteiger partial charge < -0.3 is 20.0 Å². The average Bonchev–Trinajstić information content (AvgIpc) is 2.97. The molecule has 0 radical (unpaired) electrons. The Hall–Kier alpha value is -2.88. The number of nitrogens with zero attached hydrogens (tertiary/aromatic N) is 2. The van der Waals surface area contributed by atoms with E-state index in [4.69, 9.17) is 15.1 Å². The van der Waals surface area contributed by atoms with E-state index in [1.165, 1.54) is 0 Å². The van der Waals surface area contributed by atoms with Gasteiger partial charge in [0.25, 0.3) is 5.91 Å². The Labute approximate surface area is 180 Å². The van der Waals surface area contributed by atoms with Crippen molar-refractivity contribution in [1.82, 2.24) is 9.55 Å². The summed E-state index contributed by atoms with van der Waals surface area (Å²) in [5.41, 5.74) is 7.95. The van der Waals surface area contributed by atoms with Crippen molar-refractivity contribution in [2.45, 2.75) is 26.8 Å². The van der Waals surface area contributed by atoms with E-state index in [2.05, 4.69) is 39.4 Å². The molecule has 7 nitrogen and oxygen atoms in total. The summed E-state index contributed by atoms with van der Waals surface area (Å²) >= 11 is 2.27. The largest absolute Gasteiger partial charge is 0.422 e. The summed E-state index contributed by atoms with van der Waals surface area (Å²) in [6, 6.07) is 11.7. The molecule has 0 fully saturated rings. The molecule has 3 N–H and O–H groups in total. The fraction of sp³-hybridized carbons (Fsp3) is 0.190. The maximum absolute atomic E-state index is 12.2. The van der Waals surface area contributed by atoms with Crippen LogP contribution < -0.4 is 16.7 Å². The maximum atomic E-state index is 12.2. The Morgan fingerprint density at radius 1 is 1.31 bits per heavy atom. The van der Waals surface area contributed by atoms with Gasteiger partial charge >= 0.3 is 5.63 Å². The second-order valence-electron chi connectivity index (χ2n) is 6.81. The number of carbonyl (C=O) groups is 1. The molecule has 0 atom stereocenters. The molecule has 1 amide bonds. The summed E-state index contributed by atoms with van der Waals surface area (Å²) < 4.78 is 8.58. The highest BCUT2D eigenvalue weighted by Gasteiger charge is 2.19. The van der Waals surface area contributed by atoms with E-state index in [0.717, 1.165) is 33.3 Å². The minimum Gasteiger partial charge on any atom is -0.422 e. The first kappa shape index (κ1) is 19.4. The van der Waals surface area contributed by atoms with Gasteiger partial charge in [0.1, 0.15) is 11.1 Å². The number of primary amides is 1. The molecule has 148 valence electrons. The molecular formula is C21H19IN4O3. The van der Waals surface area contributed by atoms with Gasteiger partial charge in [0, 0.05) is 27.3 Å². The summed E-state index contributed by atoms with van der Waals surface area (Å²) in [5, 5.41) is 4.02. The number of aromatic nitrogens is 2. The molecule has 0 bridgehead atoms. The lowest BCUT2D eigenvalue weighted by atomic mass is 10.1. The van der Waals surface area contributed by atoms with Crippen molar-refractivity contribution in [2.75, 3.05) is 5.32 Å². The van der Waals surface area contributed by atoms with Crippen molar-refractivity contribution < 1.29 is 9.21 Å². The van der Waals surface area contributed by atoms with Gasteiger partial charge in [-0.05, 0) is 65.8 Å². The van der Waals surface area contributed by atoms with E-state index in [-0.39, 0.29) is 5.56 Å². The number of nitrogens with two attached hydrogens (primary N) is 1. The van der Waals surface area contributed by atoms with E-state index >= 15 is 0 Å². The Balaban J connectivity index is 1.95. The number of hydrogen-bond acceptors (Lipinski definition) is 5. The lowest BCUT2D eigenvalue weighted by Crippen LogP contribution is -2.22. The lowest BCUT2D eigenvalue weighted by molar-refractivity contribution is 0.0996. The summed E-state index contributed by atoms with van der Waals surface area (Å²) in [6.45, 7) is 4.53. The van der Waals surface area contributed by atoms with Crippen LogP contribution in [0.5, 0.6) is 0 Å². The summed E-state index contributed by atoms with van der Waals surface area (Å²) in [4.78, 5) is 28.6. The van der Waals surface area contributed by atoms with Crippen molar-refractivity contribution in [2.24, 2.45) is 5.73 Å². The normalized spacial score (nSPS) is 11.3. The first-order valence-electron chi connectivity index (χ1n) is 9.19. The van der Waals surface area contributed by atoms with E-state index in [9.17, 15) is 9.59 Å². The fourth-order valence-electron chi connectivity index (χ4n) is 3.49. The van der Waals surface area contributed by atoms with Gasteiger partial charge in [-0.15, -0.1) is 0 Å². The molecule has 8 heteroatoms. The lowest BCUT2D eigenvalue weighted by Gasteiger charge is -2.10. The first-order chi connectivity index (χ1) is 13.9. The Kier molecular flexibility index (Phi) is 5.03. The van der Waals surface area contributed by atoms with Crippen LogP contribution in [0.3, 0.4) is 0 Å². The van der Waals surface area contributed by atoms with E-state index in [1.54, 1.807) is 13.0 Å². The highest BCUT2D eigenvalue weighted by Crippen LogP contribution is 2.29. The van der Waals surface area contributed by atoms with Crippen LogP contribution in [0.25, 0.3) is 22.0 Å². The van der Waals surface area contributed by atoms with Crippen LogP contribution >= 0.6 is 22.6 Å². The van der Waals surface area contributed by atoms with Crippen LogP contribution in [-0.2, 0) is 6.54 Å². The monoisotopic (exact) mass is 502 g/mol. The van der Waals surface area contributed by atoms with Crippen molar-refractivity contribution >= 4 is 62.1 Å². The Morgan fingerprint density at radius 3 is 2.79 bits per heavy atom. The van der Waals surface area contributed by atoms with Crippen LogP contribution in [0.15, 0.2) is 45.6 Å². The molecule has 29 heavy (non-hydrogen) atoms. The average molecular weight is 502 g/mol. The van der Waals surface area contributed by atoms with Crippen molar-refractivity contribution in [3.63, 3.8) is 0 Å². The number of imidazole rings is 1. The second-order valence-corrected chi connectivity index (χ2v) is 8.06. The minimum atomic E-state index is -0.796. The van der Waals surface area contributed by atoms with Crippen molar-refractivity contribution in [1.29, 1.82) is 0 Å². The van der Waals surface area contributed by atoms with E-state index in [0.29, 0.717) is 22.5 Å². The zero-order valence-electron chi connectivity index (χ0n) is 16.0. The number of rotatable bonds is 5. The molecule has 4 aromatic rings. The Bertz CT molecular complexity index is 1320. The van der Waals surface area contributed by atoms with Crippen LogP contribution in [0.1, 0.15) is 29.3 Å². The van der Waals surface area contributed by atoms with E-state index < -0.39 is 11.5 Å². The van der Waals surface area contributed by atoms with Crippen molar-refractivity contribution in [3.8, 4) is 0 Å². The number of benzene rings is 2. The molecule has 2 aromatic heterocycles. The zero-order chi connectivity index (χ0) is 20.7. The van der Waals surface area contributed by atoms with Crippen LogP contribution in [-0.4, -0.2) is 15.5 Å². The number of halogens is 1. The summed E-state index contributed by atoms with van der Waals surface area (Å²) in [7, 11) is 0. The predicted molar refractivity (Wildman–Crippen MR) is 122 cm³/mol. The van der Waals surface area contributed by atoms with Gasteiger partial charge in [-0.2, -0.15) is 0 Å². The molecule has 2 heterocycles. The standard InChI is InChI=1S/C21H19IN4O3/c1-3-7-26-16-10-17-14(11(2)18(19(23)27)20(28)29-17)9-15(16)25-21(26)24-13-6-4-5-12(22)8-13/h4-6,8-10H,3,7H2,1-2H3,(H2,23,27)(H,24,25). The molecule has 0 aliphatic carbocycles. The highest BCUT2D eigenvalue weighted by atomic mass is 127. The quantitative estimate of drug-likeness (QED) is 0.313. The van der Waals surface area contributed by atoms with Gasteiger partial charge in [0.15, 0.2) is 0 Å². The number of aryl methyl sites for hydroxylation is 2. The number of hydrogen-bond donors (Lipinski definition) is 2. The third-order valence-corrected chi connectivity index (χ3v) is 5.48. The number of amides is 1. The summed E-state index contributed by atoms with van der Waals surface area (Å²) in [6.07, 6.45) is 0.911. The van der Waals surface area contributed by atoms with Gasteiger partial charge in [-0.25, -0.2) is 9.78 Å². The number of nitrogens with one attached hydrogen (secondary N) is 1. The number of carbonyl (C=O) groups excluding carboxylic acids is 1. The second kappa shape index (κ2) is 7.51. The van der Waals surface area contributed by atoms with Crippen LogP contribution in [0.4, 0.5) is 11.6 Å².